The Morgan fingerprint density at radius 1 is 1.08 bits per heavy atom. The maximum atomic E-state index is 13.3. The van der Waals surface area contributed by atoms with Crippen LogP contribution in [0.4, 0.5) is 4.39 Å². The van der Waals surface area contributed by atoms with E-state index in [1.807, 2.05) is 26.8 Å². The van der Waals surface area contributed by atoms with Gasteiger partial charge in [-0.2, -0.15) is 0 Å². The predicted octanol–water partition coefficient (Wildman–Crippen LogP) is 3.60. The minimum absolute atomic E-state index is 0.0482. The first kappa shape index (κ1) is 15.8. The highest BCUT2D eigenvalue weighted by molar-refractivity contribution is 5.96. The van der Waals surface area contributed by atoms with Crippen molar-refractivity contribution in [2.45, 2.75) is 38.7 Å². The molecule has 0 radical (unpaired) electrons. The summed E-state index contributed by atoms with van der Waals surface area (Å²) in [5.74, 6) is -1.49. The van der Waals surface area contributed by atoms with Gasteiger partial charge < -0.3 is 9.47 Å². The number of benzene rings is 2. The molecule has 25 heavy (non-hydrogen) atoms. The number of hydrogen-bond acceptors (Lipinski definition) is 4. The molecule has 1 saturated heterocycles. The molecule has 4 nitrogen and oxygen atoms in total. The van der Waals surface area contributed by atoms with Gasteiger partial charge in [-0.25, -0.2) is 9.18 Å². The minimum Gasteiger partial charge on any atom is -0.441 e. The summed E-state index contributed by atoms with van der Waals surface area (Å²) < 4.78 is 24.5. The van der Waals surface area contributed by atoms with Crippen LogP contribution in [0.1, 0.15) is 40.2 Å². The van der Waals surface area contributed by atoms with Crippen LogP contribution in [0.3, 0.4) is 0 Å². The van der Waals surface area contributed by atoms with E-state index in [0.29, 0.717) is 16.9 Å². The summed E-state index contributed by atoms with van der Waals surface area (Å²) >= 11 is 0. The molecule has 0 amide bonds. The topological polar surface area (TPSA) is 52.6 Å². The third-order valence-corrected chi connectivity index (χ3v) is 5.26. The normalized spacial score (nSPS) is 24.4. The number of fused-ring (bicyclic) bond motifs is 2. The summed E-state index contributed by atoms with van der Waals surface area (Å²) in [5, 5.41) is 0. The average molecular weight is 340 g/mol. The Morgan fingerprint density at radius 2 is 1.76 bits per heavy atom. The summed E-state index contributed by atoms with van der Waals surface area (Å²) in [4.78, 5) is 25.1. The van der Waals surface area contributed by atoms with E-state index in [1.54, 1.807) is 12.1 Å². The van der Waals surface area contributed by atoms with Crippen LogP contribution in [0.5, 0.6) is 5.75 Å². The number of ether oxygens (including phenoxy) is 2. The Balaban J connectivity index is 1.97. The first-order valence-corrected chi connectivity index (χ1v) is 8.15. The first-order chi connectivity index (χ1) is 11.8. The van der Waals surface area contributed by atoms with E-state index >= 15 is 0 Å². The number of esters is 2. The van der Waals surface area contributed by atoms with Gasteiger partial charge in [0.1, 0.15) is 11.6 Å². The van der Waals surface area contributed by atoms with E-state index in [9.17, 15) is 14.0 Å². The van der Waals surface area contributed by atoms with E-state index in [2.05, 4.69) is 0 Å². The number of aryl methyl sites for hydroxylation is 2. The second kappa shape index (κ2) is 5.15. The van der Waals surface area contributed by atoms with Crippen LogP contribution in [0.25, 0.3) is 0 Å². The lowest BCUT2D eigenvalue weighted by atomic mass is 9.76. The van der Waals surface area contributed by atoms with Gasteiger partial charge >= 0.3 is 11.9 Å². The largest absolute Gasteiger partial charge is 0.441 e. The number of rotatable bonds is 1. The van der Waals surface area contributed by atoms with Crippen molar-refractivity contribution >= 4 is 11.9 Å². The lowest BCUT2D eigenvalue weighted by Gasteiger charge is -2.27. The lowest BCUT2D eigenvalue weighted by molar-refractivity contribution is -0.166. The zero-order valence-corrected chi connectivity index (χ0v) is 14.2. The van der Waals surface area contributed by atoms with Gasteiger partial charge in [-0.15, -0.1) is 0 Å². The molecule has 0 bridgehead atoms. The van der Waals surface area contributed by atoms with Gasteiger partial charge in [0.25, 0.3) is 0 Å². The van der Waals surface area contributed by atoms with Crippen LogP contribution >= 0.6 is 0 Å². The molecule has 0 aromatic heterocycles. The van der Waals surface area contributed by atoms with Gasteiger partial charge in [0.05, 0.1) is 12.0 Å². The molecule has 1 spiro atoms. The van der Waals surface area contributed by atoms with Gasteiger partial charge in [-0.1, -0.05) is 18.2 Å². The zero-order chi connectivity index (χ0) is 17.9. The average Bonchev–Trinajstić information content (AvgIpc) is 3.05. The lowest BCUT2D eigenvalue weighted by Crippen LogP contribution is -2.38. The highest BCUT2D eigenvalue weighted by atomic mass is 19.1. The van der Waals surface area contributed by atoms with E-state index < -0.39 is 23.5 Å². The van der Waals surface area contributed by atoms with Crippen molar-refractivity contribution in [1.29, 1.82) is 0 Å². The Labute approximate surface area is 144 Å². The van der Waals surface area contributed by atoms with Gasteiger partial charge in [0.2, 0.25) is 5.60 Å². The Kier molecular flexibility index (Phi) is 3.26. The van der Waals surface area contributed by atoms with Crippen molar-refractivity contribution in [3.63, 3.8) is 0 Å². The molecule has 128 valence electrons. The van der Waals surface area contributed by atoms with E-state index in [1.165, 1.54) is 12.1 Å². The van der Waals surface area contributed by atoms with Crippen molar-refractivity contribution in [3.05, 3.63) is 64.0 Å². The van der Waals surface area contributed by atoms with E-state index in [4.69, 9.17) is 9.47 Å². The molecule has 0 saturated carbocycles. The number of hydrogen-bond donors (Lipinski definition) is 0. The molecule has 2 aromatic rings. The van der Waals surface area contributed by atoms with Gasteiger partial charge in [-0.3, -0.25) is 4.79 Å². The molecule has 5 heteroatoms. The molecule has 0 aliphatic carbocycles. The Bertz CT molecular complexity index is 916. The maximum Gasteiger partial charge on any atom is 0.361 e. The molecule has 0 unspecified atom stereocenters. The second-order valence-corrected chi connectivity index (χ2v) is 6.75. The van der Waals surface area contributed by atoms with Crippen molar-refractivity contribution in [1.82, 2.24) is 0 Å². The van der Waals surface area contributed by atoms with Crippen LogP contribution in [0, 0.1) is 26.6 Å². The van der Waals surface area contributed by atoms with Crippen LogP contribution in [-0.4, -0.2) is 11.9 Å². The number of halogens is 1. The quantitative estimate of drug-likeness (QED) is 0.588. The van der Waals surface area contributed by atoms with Gasteiger partial charge in [-0.05, 0) is 55.2 Å². The van der Waals surface area contributed by atoms with Gasteiger partial charge in [0.15, 0.2) is 0 Å². The third-order valence-electron chi connectivity index (χ3n) is 5.26. The summed E-state index contributed by atoms with van der Waals surface area (Å²) in [5.41, 5.74) is 2.49. The summed E-state index contributed by atoms with van der Waals surface area (Å²) in [6, 6.07) is 7.78. The fraction of sp³-hybridized carbons (Fsp3) is 0.300. The molecular formula is C20H17FO4. The molecule has 2 aliphatic rings. The van der Waals surface area contributed by atoms with E-state index in [-0.39, 0.29) is 12.2 Å². The van der Waals surface area contributed by atoms with Crippen molar-refractivity contribution in [2.75, 3.05) is 0 Å². The van der Waals surface area contributed by atoms with Crippen LogP contribution in [-0.2, 0) is 19.9 Å². The monoisotopic (exact) mass is 340 g/mol. The molecule has 4 rings (SSSR count). The predicted molar refractivity (Wildman–Crippen MR) is 87.8 cm³/mol. The SMILES string of the molecule is Cc1cc(C)c2c(c1C)OC(=O)[C@]21OC(=O)C[C@H]1c1ccc(F)cc1. The third kappa shape index (κ3) is 2.05. The molecular weight excluding hydrogens is 323 g/mol. The fourth-order valence-electron chi connectivity index (χ4n) is 3.97. The Morgan fingerprint density at radius 3 is 2.44 bits per heavy atom. The molecule has 2 atom stereocenters. The summed E-state index contributed by atoms with van der Waals surface area (Å²) in [6.07, 6.45) is 0.0482. The van der Waals surface area contributed by atoms with E-state index in [0.717, 1.165) is 16.7 Å². The fourth-order valence-corrected chi connectivity index (χ4v) is 3.97. The van der Waals surface area contributed by atoms with Crippen molar-refractivity contribution in [2.24, 2.45) is 0 Å². The van der Waals surface area contributed by atoms with Crippen LogP contribution < -0.4 is 4.74 Å². The highest BCUT2D eigenvalue weighted by Gasteiger charge is 2.63. The zero-order valence-electron chi connectivity index (χ0n) is 14.2. The number of carbonyl (C=O) groups is 2. The summed E-state index contributed by atoms with van der Waals surface area (Å²) in [6.45, 7) is 5.70. The van der Waals surface area contributed by atoms with Crippen molar-refractivity contribution < 1.29 is 23.5 Å². The minimum atomic E-state index is -1.49. The van der Waals surface area contributed by atoms with Crippen LogP contribution in [0.2, 0.25) is 0 Å². The molecule has 2 heterocycles. The molecule has 2 aromatic carbocycles. The second-order valence-electron chi connectivity index (χ2n) is 6.75. The highest BCUT2D eigenvalue weighted by Crippen LogP contribution is 2.56. The van der Waals surface area contributed by atoms with Crippen LogP contribution in [0.15, 0.2) is 30.3 Å². The summed E-state index contributed by atoms with van der Waals surface area (Å²) in [7, 11) is 0. The smallest absolute Gasteiger partial charge is 0.361 e. The van der Waals surface area contributed by atoms with Gasteiger partial charge in [0, 0.05) is 5.92 Å². The molecule has 2 aliphatic heterocycles. The Hall–Kier alpha value is -2.69. The number of carbonyl (C=O) groups excluding carboxylic acids is 2. The standard InChI is InChI=1S/C20H17FO4/c1-10-8-11(2)17-18(12(10)3)24-19(23)20(17)15(9-16(22)25-20)13-4-6-14(21)7-5-13/h4-8,15H,9H2,1-3H3/t15-,20+/m0/s1. The molecule has 0 N–H and O–H groups in total. The van der Waals surface area contributed by atoms with Crippen molar-refractivity contribution in [3.8, 4) is 5.75 Å². The molecule has 1 fully saturated rings. The first-order valence-electron chi connectivity index (χ1n) is 8.15. The maximum absolute atomic E-state index is 13.3.